The zero-order chi connectivity index (χ0) is 18.5. The summed E-state index contributed by atoms with van der Waals surface area (Å²) >= 11 is 0. The Labute approximate surface area is 151 Å². The summed E-state index contributed by atoms with van der Waals surface area (Å²) in [5.41, 5.74) is 1.67. The second-order valence-corrected chi connectivity index (χ2v) is 6.56. The minimum Gasteiger partial charge on any atom is -0.351 e. The molecule has 0 saturated carbocycles. The van der Waals surface area contributed by atoms with Crippen LogP contribution in [0.25, 0.3) is 0 Å². The number of nitrogens with one attached hydrogen (secondary N) is 2. The second kappa shape index (κ2) is 8.09. The van der Waals surface area contributed by atoms with Crippen molar-refractivity contribution in [2.24, 2.45) is 0 Å². The average molecular weight is 357 g/mol. The van der Waals surface area contributed by atoms with Crippen LogP contribution in [-0.2, 0) is 11.3 Å². The van der Waals surface area contributed by atoms with Gasteiger partial charge in [0.2, 0.25) is 11.7 Å². The van der Waals surface area contributed by atoms with Gasteiger partial charge in [0.15, 0.2) is 0 Å². The fourth-order valence-electron chi connectivity index (χ4n) is 2.79. The lowest BCUT2D eigenvalue weighted by atomic mass is 10.1. The van der Waals surface area contributed by atoms with Gasteiger partial charge in [0.05, 0.1) is 5.69 Å². The van der Waals surface area contributed by atoms with Gasteiger partial charge in [-0.3, -0.25) is 14.6 Å². The fourth-order valence-corrected chi connectivity index (χ4v) is 2.79. The van der Waals surface area contributed by atoms with Crippen molar-refractivity contribution in [2.45, 2.75) is 32.4 Å². The van der Waals surface area contributed by atoms with Gasteiger partial charge in [0.25, 0.3) is 5.91 Å². The van der Waals surface area contributed by atoms with Crippen molar-refractivity contribution >= 4 is 11.8 Å². The molecular formula is C18H23N5O3. The molecule has 0 aromatic carbocycles. The van der Waals surface area contributed by atoms with Crippen molar-refractivity contribution in [3.63, 3.8) is 0 Å². The Morgan fingerprint density at radius 1 is 1.38 bits per heavy atom. The third kappa shape index (κ3) is 4.08. The summed E-state index contributed by atoms with van der Waals surface area (Å²) in [7, 11) is 0. The van der Waals surface area contributed by atoms with Gasteiger partial charge in [-0.15, -0.1) is 0 Å². The highest BCUT2D eigenvalue weighted by atomic mass is 16.5. The minimum absolute atomic E-state index is 0.169. The van der Waals surface area contributed by atoms with Crippen LogP contribution in [0.2, 0.25) is 0 Å². The number of aromatic nitrogens is 2. The highest BCUT2D eigenvalue weighted by Crippen LogP contribution is 2.17. The van der Waals surface area contributed by atoms with Crippen LogP contribution in [0, 0.1) is 0 Å². The Bertz CT molecular complexity index is 759. The summed E-state index contributed by atoms with van der Waals surface area (Å²) in [6.45, 7) is 5.81. The van der Waals surface area contributed by atoms with E-state index in [0.717, 1.165) is 11.3 Å². The van der Waals surface area contributed by atoms with Crippen molar-refractivity contribution < 1.29 is 14.1 Å². The first-order valence-corrected chi connectivity index (χ1v) is 8.71. The molecule has 1 aliphatic heterocycles. The maximum atomic E-state index is 12.8. The number of amides is 2. The number of hydrogen-bond acceptors (Lipinski definition) is 6. The van der Waals surface area contributed by atoms with Crippen molar-refractivity contribution in [2.75, 3.05) is 19.6 Å². The number of rotatable bonds is 5. The Morgan fingerprint density at radius 2 is 2.15 bits per heavy atom. The van der Waals surface area contributed by atoms with E-state index < -0.39 is 6.04 Å². The van der Waals surface area contributed by atoms with Crippen molar-refractivity contribution in [1.29, 1.82) is 0 Å². The molecule has 2 amide bonds. The quantitative estimate of drug-likeness (QED) is 0.825. The third-order valence-electron chi connectivity index (χ3n) is 4.35. The van der Waals surface area contributed by atoms with E-state index in [1.54, 1.807) is 23.4 Å². The Kier molecular flexibility index (Phi) is 5.62. The molecule has 2 aromatic rings. The van der Waals surface area contributed by atoms with Crippen molar-refractivity contribution in [3.05, 3.63) is 47.6 Å². The van der Waals surface area contributed by atoms with Gasteiger partial charge in [0, 0.05) is 44.6 Å². The first-order chi connectivity index (χ1) is 12.6. The second-order valence-electron chi connectivity index (χ2n) is 6.56. The first-order valence-electron chi connectivity index (χ1n) is 8.71. The zero-order valence-corrected chi connectivity index (χ0v) is 14.9. The molecule has 0 radical (unpaired) electrons. The van der Waals surface area contributed by atoms with Crippen LogP contribution >= 0.6 is 0 Å². The predicted octanol–water partition coefficient (Wildman–Crippen LogP) is 0.923. The monoisotopic (exact) mass is 357 g/mol. The molecule has 1 fully saturated rings. The zero-order valence-electron chi connectivity index (χ0n) is 14.9. The Balaban J connectivity index is 1.68. The number of hydrogen-bond donors (Lipinski definition) is 2. The lowest BCUT2D eigenvalue weighted by Crippen LogP contribution is -2.59. The van der Waals surface area contributed by atoms with E-state index in [2.05, 4.69) is 20.8 Å². The molecule has 0 unspecified atom stereocenters. The van der Waals surface area contributed by atoms with E-state index in [4.69, 9.17) is 4.52 Å². The Morgan fingerprint density at radius 3 is 2.85 bits per heavy atom. The van der Waals surface area contributed by atoms with Crippen LogP contribution in [-0.4, -0.2) is 52.5 Å². The van der Waals surface area contributed by atoms with Crippen LogP contribution in [0.3, 0.4) is 0 Å². The van der Waals surface area contributed by atoms with Gasteiger partial charge in [-0.1, -0.05) is 19.0 Å². The summed E-state index contributed by atoms with van der Waals surface area (Å²) in [5.74, 6) is -0.175. The standard InChI is InChI=1S/C18H23N5O3/c1-12(2)14-9-16(26-22-14)18(25)23-8-7-20-11-15(23)17(24)21-10-13-3-5-19-6-4-13/h3-6,9,12,15,20H,7-8,10-11H2,1-2H3,(H,21,24)/t15-/m0/s1. The lowest BCUT2D eigenvalue weighted by Gasteiger charge is -2.34. The molecule has 0 spiro atoms. The third-order valence-corrected chi connectivity index (χ3v) is 4.35. The number of carbonyl (C=O) groups is 2. The molecule has 2 aromatic heterocycles. The van der Waals surface area contributed by atoms with Crippen LogP contribution < -0.4 is 10.6 Å². The molecule has 2 N–H and O–H groups in total. The van der Waals surface area contributed by atoms with Crippen LogP contribution in [0.1, 0.15) is 41.6 Å². The maximum absolute atomic E-state index is 12.8. The molecule has 8 heteroatoms. The summed E-state index contributed by atoms with van der Waals surface area (Å²) in [5, 5.41) is 9.98. The smallest absolute Gasteiger partial charge is 0.293 e. The normalized spacial score (nSPS) is 17.3. The topological polar surface area (TPSA) is 100 Å². The number of piperazine rings is 1. The van der Waals surface area contributed by atoms with Gasteiger partial charge >= 0.3 is 0 Å². The Hall–Kier alpha value is -2.74. The molecule has 26 heavy (non-hydrogen) atoms. The molecule has 0 aliphatic carbocycles. The molecule has 138 valence electrons. The fraction of sp³-hybridized carbons (Fsp3) is 0.444. The highest BCUT2D eigenvalue weighted by Gasteiger charge is 2.34. The van der Waals surface area contributed by atoms with E-state index in [1.165, 1.54) is 0 Å². The summed E-state index contributed by atoms with van der Waals surface area (Å²) in [6.07, 6.45) is 3.35. The van der Waals surface area contributed by atoms with Crippen molar-refractivity contribution in [3.8, 4) is 0 Å². The molecular weight excluding hydrogens is 334 g/mol. The van der Waals surface area contributed by atoms with Crippen LogP contribution in [0.5, 0.6) is 0 Å². The SMILES string of the molecule is CC(C)c1cc(C(=O)N2CCNC[C@H]2C(=O)NCc2ccncc2)on1. The maximum Gasteiger partial charge on any atom is 0.293 e. The molecule has 1 aliphatic rings. The summed E-state index contributed by atoms with van der Waals surface area (Å²) in [4.78, 5) is 30.9. The van der Waals surface area contributed by atoms with Crippen LogP contribution in [0.15, 0.2) is 35.1 Å². The number of carbonyl (C=O) groups excluding carboxylic acids is 2. The average Bonchev–Trinajstić information content (AvgIpc) is 3.17. The van der Waals surface area contributed by atoms with E-state index in [1.807, 2.05) is 26.0 Å². The molecule has 8 nitrogen and oxygen atoms in total. The number of nitrogens with zero attached hydrogens (tertiary/aromatic N) is 3. The van der Waals surface area contributed by atoms with Gasteiger partial charge in [0.1, 0.15) is 6.04 Å². The first kappa shape index (κ1) is 18.1. The summed E-state index contributed by atoms with van der Waals surface area (Å²) < 4.78 is 5.20. The van der Waals surface area contributed by atoms with Gasteiger partial charge < -0.3 is 20.1 Å². The van der Waals surface area contributed by atoms with E-state index in [9.17, 15) is 9.59 Å². The van der Waals surface area contributed by atoms with E-state index in [0.29, 0.717) is 26.2 Å². The lowest BCUT2D eigenvalue weighted by molar-refractivity contribution is -0.126. The minimum atomic E-state index is -0.592. The van der Waals surface area contributed by atoms with E-state index >= 15 is 0 Å². The van der Waals surface area contributed by atoms with Crippen molar-refractivity contribution in [1.82, 2.24) is 25.7 Å². The molecule has 0 bridgehead atoms. The summed E-state index contributed by atoms with van der Waals surface area (Å²) in [6, 6.07) is 4.74. The van der Waals surface area contributed by atoms with Gasteiger partial charge in [-0.05, 0) is 23.6 Å². The van der Waals surface area contributed by atoms with Gasteiger partial charge in [-0.25, -0.2) is 0 Å². The van der Waals surface area contributed by atoms with Gasteiger partial charge in [-0.2, -0.15) is 0 Å². The molecule has 1 atom stereocenters. The largest absolute Gasteiger partial charge is 0.351 e. The molecule has 3 rings (SSSR count). The molecule has 3 heterocycles. The predicted molar refractivity (Wildman–Crippen MR) is 94.4 cm³/mol. The highest BCUT2D eigenvalue weighted by molar-refractivity contribution is 5.95. The van der Waals surface area contributed by atoms with Crippen LogP contribution in [0.4, 0.5) is 0 Å². The van der Waals surface area contributed by atoms with E-state index in [-0.39, 0.29) is 23.5 Å². The molecule has 1 saturated heterocycles. The number of pyridine rings is 1.